The predicted octanol–water partition coefficient (Wildman–Crippen LogP) is 5.15. The van der Waals surface area contributed by atoms with Crippen LogP contribution in [0.1, 0.15) is 21.5 Å². The Morgan fingerprint density at radius 3 is 2.48 bits per heavy atom. The monoisotopic (exact) mass is 432 g/mol. The highest BCUT2D eigenvalue weighted by molar-refractivity contribution is 7.92. The van der Waals surface area contributed by atoms with Crippen molar-refractivity contribution in [3.05, 3.63) is 88.2 Å². The molecule has 0 aliphatic heterocycles. The fourth-order valence-electron chi connectivity index (χ4n) is 2.67. The van der Waals surface area contributed by atoms with Crippen LogP contribution in [0.15, 0.2) is 65.6 Å². The Kier molecular flexibility index (Phi) is 5.91. The molecule has 0 bridgehead atoms. The number of amides is 1. The van der Waals surface area contributed by atoms with Crippen LogP contribution in [0.25, 0.3) is 0 Å². The van der Waals surface area contributed by atoms with Crippen molar-refractivity contribution >= 4 is 38.9 Å². The van der Waals surface area contributed by atoms with Crippen molar-refractivity contribution in [3.63, 3.8) is 0 Å². The summed E-state index contributed by atoms with van der Waals surface area (Å²) < 4.78 is 41.6. The number of halogens is 2. The number of hydrogen-bond donors (Lipinski definition) is 2. The molecule has 0 radical (unpaired) electrons. The molecule has 150 valence electrons. The van der Waals surface area contributed by atoms with Gasteiger partial charge in [0.25, 0.3) is 15.9 Å². The highest BCUT2D eigenvalue weighted by Gasteiger charge is 2.21. The minimum absolute atomic E-state index is 0.0230. The van der Waals surface area contributed by atoms with Crippen LogP contribution in [0.3, 0.4) is 0 Å². The van der Waals surface area contributed by atoms with Gasteiger partial charge in [-0.05, 0) is 67.4 Å². The minimum Gasteiger partial charge on any atom is -0.322 e. The van der Waals surface area contributed by atoms with Crippen molar-refractivity contribution in [2.45, 2.75) is 18.7 Å². The molecule has 0 aliphatic carbocycles. The summed E-state index contributed by atoms with van der Waals surface area (Å²) >= 11 is 6.10. The van der Waals surface area contributed by atoms with Crippen molar-refractivity contribution in [2.24, 2.45) is 0 Å². The van der Waals surface area contributed by atoms with E-state index in [1.807, 2.05) is 13.0 Å². The zero-order valence-corrected chi connectivity index (χ0v) is 17.2. The molecule has 0 fully saturated rings. The SMILES string of the molecule is Cc1ccc(C)c(NS(=O)(=O)c2cc(C(=O)Nc3cccc(F)c3)ccc2Cl)c1. The topological polar surface area (TPSA) is 75.3 Å². The van der Waals surface area contributed by atoms with Gasteiger partial charge in [-0.3, -0.25) is 9.52 Å². The average Bonchev–Trinajstić information content (AvgIpc) is 2.64. The maximum Gasteiger partial charge on any atom is 0.263 e. The second kappa shape index (κ2) is 8.23. The molecule has 0 saturated heterocycles. The van der Waals surface area contributed by atoms with Crippen LogP contribution < -0.4 is 10.0 Å². The highest BCUT2D eigenvalue weighted by atomic mass is 35.5. The molecule has 3 rings (SSSR count). The first-order chi connectivity index (χ1) is 13.7. The predicted molar refractivity (Wildman–Crippen MR) is 113 cm³/mol. The lowest BCUT2D eigenvalue weighted by Gasteiger charge is -2.13. The van der Waals surface area contributed by atoms with Gasteiger partial charge in [0.1, 0.15) is 10.7 Å². The van der Waals surface area contributed by atoms with Crippen LogP contribution >= 0.6 is 11.6 Å². The van der Waals surface area contributed by atoms with Crippen molar-refractivity contribution in [3.8, 4) is 0 Å². The molecule has 0 unspecified atom stereocenters. The fraction of sp³-hybridized carbons (Fsp3) is 0.0952. The van der Waals surface area contributed by atoms with E-state index in [0.29, 0.717) is 5.69 Å². The van der Waals surface area contributed by atoms with Crippen molar-refractivity contribution < 1.29 is 17.6 Å². The van der Waals surface area contributed by atoms with Gasteiger partial charge in [0.15, 0.2) is 0 Å². The van der Waals surface area contributed by atoms with Crippen molar-refractivity contribution in [1.29, 1.82) is 0 Å². The van der Waals surface area contributed by atoms with Gasteiger partial charge in [-0.25, -0.2) is 12.8 Å². The maximum atomic E-state index is 13.3. The Morgan fingerprint density at radius 2 is 1.76 bits per heavy atom. The number of hydrogen-bond acceptors (Lipinski definition) is 3. The van der Waals surface area contributed by atoms with Crippen LogP contribution in [0.5, 0.6) is 0 Å². The van der Waals surface area contributed by atoms with Gasteiger partial charge in [-0.15, -0.1) is 0 Å². The quantitative estimate of drug-likeness (QED) is 0.585. The van der Waals surface area contributed by atoms with E-state index in [9.17, 15) is 17.6 Å². The van der Waals surface area contributed by atoms with Crippen LogP contribution in [0.2, 0.25) is 5.02 Å². The van der Waals surface area contributed by atoms with Gasteiger partial charge in [0, 0.05) is 11.3 Å². The van der Waals surface area contributed by atoms with Crippen LogP contribution in [0.4, 0.5) is 15.8 Å². The van der Waals surface area contributed by atoms with E-state index in [-0.39, 0.29) is 21.2 Å². The van der Waals surface area contributed by atoms with E-state index >= 15 is 0 Å². The number of sulfonamides is 1. The minimum atomic E-state index is -4.04. The van der Waals surface area contributed by atoms with Gasteiger partial charge in [-0.2, -0.15) is 0 Å². The molecule has 1 amide bonds. The van der Waals surface area contributed by atoms with Crippen molar-refractivity contribution in [1.82, 2.24) is 0 Å². The molecule has 2 N–H and O–H groups in total. The van der Waals surface area contributed by atoms with Crippen molar-refractivity contribution in [2.75, 3.05) is 10.0 Å². The average molecular weight is 433 g/mol. The summed E-state index contributed by atoms with van der Waals surface area (Å²) in [6.45, 7) is 3.63. The summed E-state index contributed by atoms with van der Waals surface area (Å²) in [5.74, 6) is -1.09. The van der Waals surface area contributed by atoms with E-state index in [0.717, 1.165) is 17.2 Å². The van der Waals surface area contributed by atoms with E-state index < -0.39 is 21.7 Å². The molecule has 0 atom stereocenters. The number of rotatable bonds is 5. The Bertz CT molecular complexity index is 1200. The summed E-state index contributed by atoms with van der Waals surface area (Å²) in [6, 6.07) is 14.7. The smallest absolute Gasteiger partial charge is 0.263 e. The lowest BCUT2D eigenvalue weighted by Crippen LogP contribution is -2.17. The van der Waals surface area contributed by atoms with Gasteiger partial charge in [0.05, 0.1) is 10.7 Å². The zero-order valence-electron chi connectivity index (χ0n) is 15.7. The third-order valence-corrected chi connectivity index (χ3v) is 6.05. The molecule has 5 nitrogen and oxygen atoms in total. The molecule has 0 saturated carbocycles. The standard InChI is InChI=1S/C21H18ClFN2O3S/c1-13-6-7-14(2)19(10-13)25-29(27,28)20-11-15(8-9-18(20)22)21(26)24-17-5-3-4-16(23)12-17/h3-12,25H,1-2H3,(H,24,26). The first-order valence-corrected chi connectivity index (χ1v) is 10.5. The van der Waals surface area contributed by atoms with E-state index in [4.69, 9.17) is 11.6 Å². The number of benzene rings is 3. The zero-order chi connectivity index (χ0) is 21.2. The third kappa shape index (κ3) is 4.93. The molecular weight excluding hydrogens is 415 g/mol. The second-order valence-electron chi connectivity index (χ2n) is 6.53. The summed E-state index contributed by atoms with van der Waals surface area (Å²) in [4.78, 5) is 12.3. The Hall–Kier alpha value is -2.90. The molecule has 0 heterocycles. The largest absolute Gasteiger partial charge is 0.322 e. The van der Waals surface area contributed by atoms with Gasteiger partial charge in [-0.1, -0.05) is 29.8 Å². The summed E-state index contributed by atoms with van der Waals surface area (Å²) in [6.07, 6.45) is 0. The fourth-order valence-corrected chi connectivity index (χ4v) is 4.31. The first kappa shape index (κ1) is 20.8. The highest BCUT2D eigenvalue weighted by Crippen LogP contribution is 2.27. The number of carbonyl (C=O) groups is 1. The summed E-state index contributed by atoms with van der Waals surface area (Å²) in [5, 5.41) is 2.50. The molecule has 0 aromatic heterocycles. The summed E-state index contributed by atoms with van der Waals surface area (Å²) in [5.41, 5.74) is 2.39. The van der Waals surface area contributed by atoms with E-state index in [1.165, 1.54) is 36.4 Å². The van der Waals surface area contributed by atoms with Gasteiger partial charge < -0.3 is 5.32 Å². The van der Waals surface area contributed by atoms with Crippen LogP contribution in [-0.2, 0) is 10.0 Å². The normalized spacial score (nSPS) is 11.2. The third-order valence-electron chi connectivity index (χ3n) is 4.20. The molecular formula is C21H18ClFN2O3S. The van der Waals surface area contributed by atoms with Gasteiger partial charge >= 0.3 is 0 Å². The molecule has 3 aromatic rings. The second-order valence-corrected chi connectivity index (χ2v) is 8.59. The molecule has 29 heavy (non-hydrogen) atoms. The number of nitrogens with one attached hydrogen (secondary N) is 2. The molecule has 0 spiro atoms. The summed E-state index contributed by atoms with van der Waals surface area (Å²) in [7, 11) is -4.04. The molecule has 0 aliphatic rings. The first-order valence-electron chi connectivity index (χ1n) is 8.62. The molecule has 3 aromatic carbocycles. The Balaban J connectivity index is 1.91. The van der Waals surface area contributed by atoms with Crippen LogP contribution in [0, 0.1) is 19.7 Å². The number of carbonyl (C=O) groups excluding carboxylic acids is 1. The van der Waals surface area contributed by atoms with Gasteiger partial charge in [0.2, 0.25) is 0 Å². The van der Waals surface area contributed by atoms with E-state index in [1.54, 1.807) is 19.1 Å². The lowest BCUT2D eigenvalue weighted by molar-refractivity contribution is 0.102. The Morgan fingerprint density at radius 1 is 1.00 bits per heavy atom. The van der Waals surface area contributed by atoms with E-state index in [2.05, 4.69) is 10.0 Å². The number of aryl methyl sites for hydroxylation is 2. The lowest BCUT2D eigenvalue weighted by atomic mass is 10.1. The van der Waals surface area contributed by atoms with Crippen LogP contribution in [-0.4, -0.2) is 14.3 Å². The number of anilines is 2. The molecule has 8 heteroatoms. The Labute approximate surface area is 173 Å². The maximum absolute atomic E-state index is 13.3.